The van der Waals surface area contributed by atoms with Crippen molar-refractivity contribution in [3.8, 4) is 0 Å². The van der Waals surface area contributed by atoms with Crippen LogP contribution in [0.3, 0.4) is 0 Å². The van der Waals surface area contributed by atoms with Gasteiger partial charge in [0.2, 0.25) is 5.91 Å². The molecule has 2 unspecified atom stereocenters. The van der Waals surface area contributed by atoms with Gasteiger partial charge in [0.25, 0.3) is 0 Å². The van der Waals surface area contributed by atoms with Crippen molar-refractivity contribution in [2.24, 2.45) is 5.41 Å². The van der Waals surface area contributed by atoms with E-state index in [-0.39, 0.29) is 11.3 Å². The van der Waals surface area contributed by atoms with E-state index in [0.717, 1.165) is 24.2 Å². The van der Waals surface area contributed by atoms with E-state index in [1.165, 1.54) is 0 Å². The fourth-order valence-electron chi connectivity index (χ4n) is 2.94. The predicted octanol–water partition coefficient (Wildman–Crippen LogP) is 1.87. The molecular formula is C12H14Cl2N2O. The molecule has 92 valence electrons. The van der Waals surface area contributed by atoms with E-state index in [1.807, 2.05) is 6.92 Å². The first-order valence-electron chi connectivity index (χ1n) is 5.78. The average molecular weight is 273 g/mol. The number of carbonyl (C=O) groups is 1. The van der Waals surface area contributed by atoms with Gasteiger partial charge in [0, 0.05) is 17.3 Å². The van der Waals surface area contributed by atoms with Crippen LogP contribution in [0.4, 0.5) is 0 Å². The molecule has 1 saturated heterocycles. The molecule has 0 radical (unpaired) electrons. The van der Waals surface area contributed by atoms with Crippen molar-refractivity contribution in [2.45, 2.75) is 24.6 Å². The monoisotopic (exact) mass is 272 g/mol. The highest BCUT2D eigenvalue weighted by atomic mass is 35.5. The zero-order chi connectivity index (χ0) is 12.3. The van der Waals surface area contributed by atoms with Crippen molar-refractivity contribution in [1.29, 1.82) is 0 Å². The molecule has 3 nitrogen and oxygen atoms in total. The molecule has 3 rings (SSSR count). The van der Waals surface area contributed by atoms with E-state index in [9.17, 15) is 4.79 Å². The lowest BCUT2D eigenvalue weighted by Gasteiger charge is -2.31. The third-order valence-corrected chi connectivity index (χ3v) is 4.98. The summed E-state index contributed by atoms with van der Waals surface area (Å²) in [7, 11) is 0. The average Bonchev–Trinajstić information content (AvgIpc) is 2.81. The van der Waals surface area contributed by atoms with Gasteiger partial charge >= 0.3 is 0 Å². The summed E-state index contributed by atoms with van der Waals surface area (Å²) >= 11 is 12.6. The second kappa shape index (κ2) is 3.50. The summed E-state index contributed by atoms with van der Waals surface area (Å²) in [5.41, 5.74) is 1.59. The van der Waals surface area contributed by atoms with Crippen molar-refractivity contribution in [1.82, 2.24) is 10.6 Å². The van der Waals surface area contributed by atoms with Crippen molar-refractivity contribution in [2.75, 3.05) is 13.1 Å². The number of amides is 1. The van der Waals surface area contributed by atoms with Gasteiger partial charge in [0.05, 0.1) is 10.3 Å². The third kappa shape index (κ3) is 1.49. The van der Waals surface area contributed by atoms with Crippen molar-refractivity contribution >= 4 is 29.1 Å². The second-order valence-corrected chi connectivity index (χ2v) is 6.46. The molecule has 17 heavy (non-hydrogen) atoms. The summed E-state index contributed by atoms with van der Waals surface area (Å²) in [4.78, 5) is 11.6. The molecule has 0 aromatic carbocycles. The van der Waals surface area contributed by atoms with Crippen molar-refractivity contribution < 1.29 is 4.79 Å². The number of allylic oxidation sites excluding steroid dienone is 2. The molecule has 5 heteroatoms. The Labute approximate surface area is 110 Å². The Balaban J connectivity index is 2.08. The third-order valence-electron chi connectivity index (χ3n) is 4.02. The van der Waals surface area contributed by atoms with Crippen LogP contribution in [0.15, 0.2) is 22.4 Å². The molecule has 0 bridgehead atoms. The number of hydrogen-bond acceptors (Lipinski definition) is 2. The predicted molar refractivity (Wildman–Crippen MR) is 67.9 cm³/mol. The van der Waals surface area contributed by atoms with E-state index in [4.69, 9.17) is 23.2 Å². The Hall–Kier alpha value is -0.510. The van der Waals surface area contributed by atoms with E-state index < -0.39 is 4.87 Å². The van der Waals surface area contributed by atoms with Crippen LogP contribution in [0.1, 0.15) is 19.8 Å². The fourth-order valence-corrected chi connectivity index (χ4v) is 3.30. The number of fused-ring (bicyclic) bond motifs is 1. The lowest BCUT2D eigenvalue weighted by molar-refractivity contribution is -0.126. The highest BCUT2D eigenvalue weighted by Gasteiger charge is 2.52. The van der Waals surface area contributed by atoms with E-state index in [0.29, 0.717) is 18.0 Å². The lowest BCUT2D eigenvalue weighted by Crippen LogP contribution is -2.37. The zero-order valence-corrected chi connectivity index (χ0v) is 11.1. The Morgan fingerprint density at radius 3 is 2.88 bits per heavy atom. The van der Waals surface area contributed by atoms with Gasteiger partial charge in [0.1, 0.15) is 0 Å². The SMILES string of the molecule is CC1(Cl)CC2=C(C=C1Cl)NC(=O)C21CCNC1. The van der Waals surface area contributed by atoms with Gasteiger partial charge in [-0.2, -0.15) is 0 Å². The fraction of sp³-hybridized carbons (Fsp3) is 0.583. The van der Waals surface area contributed by atoms with Gasteiger partial charge in [0.15, 0.2) is 0 Å². The van der Waals surface area contributed by atoms with Gasteiger partial charge in [-0.3, -0.25) is 4.79 Å². The zero-order valence-electron chi connectivity index (χ0n) is 9.57. The van der Waals surface area contributed by atoms with Gasteiger partial charge in [-0.25, -0.2) is 0 Å². The van der Waals surface area contributed by atoms with Crippen molar-refractivity contribution in [3.63, 3.8) is 0 Å². The molecule has 1 fully saturated rings. The summed E-state index contributed by atoms with van der Waals surface area (Å²) in [5.74, 6) is 0.0857. The molecule has 1 spiro atoms. The number of rotatable bonds is 0. The van der Waals surface area contributed by atoms with Crippen LogP contribution in [-0.4, -0.2) is 23.9 Å². The highest BCUT2D eigenvalue weighted by Crippen LogP contribution is 2.50. The van der Waals surface area contributed by atoms with Crippen LogP contribution in [0.5, 0.6) is 0 Å². The minimum Gasteiger partial charge on any atom is -0.325 e. The highest BCUT2D eigenvalue weighted by molar-refractivity contribution is 6.39. The standard InChI is InChI=1S/C12H14Cl2N2O/c1-11(14)5-7-8(4-9(11)13)16-10(17)12(7)2-3-15-6-12/h4,15H,2-3,5-6H2,1H3,(H,16,17). The number of alkyl halides is 1. The van der Waals surface area contributed by atoms with E-state index >= 15 is 0 Å². The quantitative estimate of drug-likeness (QED) is 0.662. The Morgan fingerprint density at radius 2 is 2.24 bits per heavy atom. The normalized spacial score (nSPS) is 40.6. The molecule has 2 aliphatic heterocycles. The summed E-state index contributed by atoms with van der Waals surface area (Å²) < 4.78 is 0. The maximum atomic E-state index is 12.2. The molecule has 2 heterocycles. The van der Waals surface area contributed by atoms with Crippen LogP contribution in [0.25, 0.3) is 0 Å². The van der Waals surface area contributed by atoms with Crippen LogP contribution in [0, 0.1) is 5.41 Å². The lowest BCUT2D eigenvalue weighted by atomic mass is 9.75. The Morgan fingerprint density at radius 1 is 1.47 bits per heavy atom. The molecule has 0 aromatic rings. The maximum absolute atomic E-state index is 12.2. The van der Waals surface area contributed by atoms with Gasteiger partial charge < -0.3 is 10.6 Å². The van der Waals surface area contributed by atoms with Crippen LogP contribution < -0.4 is 10.6 Å². The van der Waals surface area contributed by atoms with Crippen molar-refractivity contribution in [3.05, 3.63) is 22.4 Å². The summed E-state index contributed by atoms with van der Waals surface area (Å²) in [6, 6.07) is 0. The minimum atomic E-state index is -0.581. The first-order valence-corrected chi connectivity index (χ1v) is 6.54. The number of halogens is 2. The molecule has 1 aliphatic carbocycles. The van der Waals surface area contributed by atoms with Crippen LogP contribution in [0.2, 0.25) is 0 Å². The molecule has 3 aliphatic rings. The van der Waals surface area contributed by atoms with E-state index in [1.54, 1.807) is 6.08 Å². The summed E-state index contributed by atoms with van der Waals surface area (Å²) in [6.45, 7) is 3.48. The second-order valence-electron chi connectivity index (χ2n) is 5.22. The van der Waals surface area contributed by atoms with Gasteiger partial charge in [-0.15, -0.1) is 11.6 Å². The smallest absolute Gasteiger partial charge is 0.236 e. The minimum absolute atomic E-state index is 0.0857. The Kier molecular flexibility index (Phi) is 2.38. The topological polar surface area (TPSA) is 41.1 Å². The van der Waals surface area contributed by atoms with E-state index in [2.05, 4.69) is 10.6 Å². The number of carbonyl (C=O) groups excluding carboxylic acids is 1. The summed E-state index contributed by atoms with van der Waals surface area (Å²) in [5, 5.41) is 6.80. The van der Waals surface area contributed by atoms with Gasteiger partial charge in [-0.1, -0.05) is 11.6 Å². The molecular weight excluding hydrogens is 259 g/mol. The molecule has 0 saturated carbocycles. The molecule has 2 atom stereocenters. The number of nitrogens with one attached hydrogen (secondary N) is 2. The molecule has 0 aromatic heterocycles. The largest absolute Gasteiger partial charge is 0.325 e. The van der Waals surface area contributed by atoms with Gasteiger partial charge in [-0.05, 0) is 38.0 Å². The maximum Gasteiger partial charge on any atom is 0.236 e. The van der Waals surface area contributed by atoms with Crippen LogP contribution >= 0.6 is 23.2 Å². The first kappa shape index (κ1) is 11.6. The number of hydrogen-bond donors (Lipinski definition) is 2. The van der Waals surface area contributed by atoms with Crippen LogP contribution in [-0.2, 0) is 4.79 Å². The first-order chi connectivity index (χ1) is 7.96. The summed E-state index contributed by atoms with van der Waals surface area (Å²) in [6.07, 6.45) is 3.29. The molecule has 2 N–H and O–H groups in total. The molecule has 1 amide bonds. The Bertz CT molecular complexity index is 459.